The number of aromatic amines is 1. The van der Waals surface area contributed by atoms with Gasteiger partial charge in [-0.05, 0) is 37.8 Å². The summed E-state index contributed by atoms with van der Waals surface area (Å²) in [6, 6.07) is 3.57. The van der Waals surface area contributed by atoms with E-state index in [1.165, 1.54) is 0 Å². The summed E-state index contributed by atoms with van der Waals surface area (Å²) in [5.74, 6) is 1.85. The van der Waals surface area contributed by atoms with Crippen LogP contribution in [0.2, 0.25) is 0 Å². The van der Waals surface area contributed by atoms with Gasteiger partial charge in [0.1, 0.15) is 5.69 Å². The van der Waals surface area contributed by atoms with E-state index in [9.17, 15) is 4.79 Å². The summed E-state index contributed by atoms with van der Waals surface area (Å²) in [6.45, 7) is 0.746. The van der Waals surface area contributed by atoms with Gasteiger partial charge >= 0.3 is 0 Å². The number of aromatic nitrogens is 3. The van der Waals surface area contributed by atoms with Crippen LogP contribution in [-0.4, -0.2) is 32.5 Å². The molecule has 20 heavy (non-hydrogen) atoms. The summed E-state index contributed by atoms with van der Waals surface area (Å²) in [5, 5.41) is 4.08. The first-order valence-corrected chi connectivity index (χ1v) is 7.11. The highest BCUT2D eigenvalue weighted by Crippen LogP contribution is 2.40. The smallest absolute Gasteiger partial charge is 0.270 e. The standard InChI is InChI=1S/C14H16N4O2/c19-14(10-3-1-7-15-10)18-8-2-4-11(18)12-16-13(20-17-12)9-5-6-9/h1,3,7,9,11,15H,2,4-6,8H2. The number of rotatable bonds is 3. The molecule has 2 fully saturated rings. The van der Waals surface area contributed by atoms with E-state index in [2.05, 4.69) is 15.1 Å². The van der Waals surface area contributed by atoms with Crippen molar-refractivity contribution < 1.29 is 9.32 Å². The van der Waals surface area contributed by atoms with Crippen molar-refractivity contribution in [3.63, 3.8) is 0 Å². The molecular weight excluding hydrogens is 256 g/mol. The zero-order valence-electron chi connectivity index (χ0n) is 11.1. The minimum atomic E-state index is -0.0537. The first-order chi connectivity index (χ1) is 9.83. The maximum absolute atomic E-state index is 12.5. The largest absolute Gasteiger partial charge is 0.357 e. The van der Waals surface area contributed by atoms with Crippen molar-refractivity contribution in [2.45, 2.75) is 37.6 Å². The molecule has 2 aromatic rings. The third-order valence-electron chi connectivity index (χ3n) is 4.02. The number of carbonyl (C=O) groups is 1. The Labute approximate surface area is 116 Å². The second-order valence-electron chi connectivity index (χ2n) is 5.51. The van der Waals surface area contributed by atoms with Crippen LogP contribution in [-0.2, 0) is 0 Å². The molecular formula is C14H16N4O2. The molecule has 104 valence electrons. The van der Waals surface area contributed by atoms with Gasteiger partial charge in [0.25, 0.3) is 5.91 Å². The molecule has 1 amide bonds. The third kappa shape index (κ3) is 1.92. The van der Waals surface area contributed by atoms with E-state index in [1.807, 2.05) is 11.0 Å². The van der Waals surface area contributed by atoms with E-state index >= 15 is 0 Å². The predicted molar refractivity (Wildman–Crippen MR) is 70.1 cm³/mol. The van der Waals surface area contributed by atoms with Crippen LogP contribution in [0.25, 0.3) is 0 Å². The van der Waals surface area contributed by atoms with Gasteiger partial charge in [-0.1, -0.05) is 5.16 Å². The highest BCUT2D eigenvalue weighted by atomic mass is 16.5. The third-order valence-corrected chi connectivity index (χ3v) is 4.02. The second-order valence-corrected chi connectivity index (χ2v) is 5.51. The fourth-order valence-corrected chi connectivity index (χ4v) is 2.78. The van der Waals surface area contributed by atoms with E-state index < -0.39 is 0 Å². The number of H-pyrrole nitrogens is 1. The van der Waals surface area contributed by atoms with E-state index in [0.29, 0.717) is 17.4 Å². The Morgan fingerprint density at radius 1 is 1.40 bits per heavy atom. The van der Waals surface area contributed by atoms with Crippen LogP contribution >= 0.6 is 0 Å². The van der Waals surface area contributed by atoms with Crippen LogP contribution in [0.3, 0.4) is 0 Å². The summed E-state index contributed by atoms with van der Waals surface area (Å²) in [6.07, 6.45) is 5.91. The zero-order valence-corrected chi connectivity index (χ0v) is 11.1. The maximum atomic E-state index is 12.5. The molecule has 6 nitrogen and oxygen atoms in total. The fourth-order valence-electron chi connectivity index (χ4n) is 2.78. The number of hydrogen-bond acceptors (Lipinski definition) is 4. The molecule has 4 rings (SSSR count). The van der Waals surface area contributed by atoms with Crippen molar-refractivity contribution in [2.24, 2.45) is 0 Å². The maximum Gasteiger partial charge on any atom is 0.270 e. The minimum Gasteiger partial charge on any atom is -0.357 e. The number of nitrogens with one attached hydrogen (secondary N) is 1. The van der Waals surface area contributed by atoms with E-state index in [-0.39, 0.29) is 11.9 Å². The highest BCUT2D eigenvalue weighted by Gasteiger charge is 2.36. The average Bonchev–Trinajstić information content (AvgIpc) is 2.97. The van der Waals surface area contributed by atoms with Gasteiger partial charge in [-0.25, -0.2) is 0 Å². The molecule has 1 aliphatic heterocycles. The topological polar surface area (TPSA) is 75.0 Å². The van der Waals surface area contributed by atoms with Gasteiger partial charge < -0.3 is 14.4 Å². The molecule has 0 radical (unpaired) electrons. The Bertz CT molecular complexity index is 615. The quantitative estimate of drug-likeness (QED) is 0.929. The summed E-state index contributed by atoms with van der Waals surface area (Å²) >= 11 is 0. The molecule has 1 atom stereocenters. The molecule has 2 aliphatic rings. The molecule has 1 N–H and O–H groups in total. The summed E-state index contributed by atoms with van der Waals surface area (Å²) in [4.78, 5) is 21.7. The van der Waals surface area contributed by atoms with Gasteiger partial charge in [0.15, 0.2) is 5.82 Å². The van der Waals surface area contributed by atoms with Crippen molar-refractivity contribution in [1.29, 1.82) is 0 Å². The van der Waals surface area contributed by atoms with Crippen molar-refractivity contribution in [3.8, 4) is 0 Å². The molecule has 1 aliphatic carbocycles. The molecule has 3 heterocycles. The number of amides is 1. The molecule has 1 saturated heterocycles. The van der Waals surface area contributed by atoms with Gasteiger partial charge in [-0.2, -0.15) is 4.98 Å². The Balaban J connectivity index is 1.58. The summed E-state index contributed by atoms with van der Waals surface area (Å²) < 4.78 is 5.31. The van der Waals surface area contributed by atoms with Crippen molar-refractivity contribution in [2.75, 3.05) is 6.54 Å². The SMILES string of the molecule is O=C(c1ccc[nH]1)N1CCCC1c1noc(C2CC2)n1. The molecule has 2 aromatic heterocycles. The van der Waals surface area contributed by atoms with Gasteiger partial charge in [-0.15, -0.1) is 0 Å². The number of nitrogens with zero attached hydrogens (tertiary/aromatic N) is 3. The average molecular weight is 272 g/mol. The van der Waals surface area contributed by atoms with Crippen LogP contribution in [0, 0.1) is 0 Å². The number of carbonyl (C=O) groups excluding carboxylic acids is 1. The van der Waals surface area contributed by atoms with Crippen molar-refractivity contribution >= 4 is 5.91 Å². The van der Waals surface area contributed by atoms with Crippen LogP contribution < -0.4 is 0 Å². The molecule has 1 unspecified atom stereocenters. The van der Waals surface area contributed by atoms with Crippen LogP contribution in [0.4, 0.5) is 0 Å². The van der Waals surface area contributed by atoms with Gasteiger partial charge in [-0.3, -0.25) is 4.79 Å². The van der Waals surface area contributed by atoms with Gasteiger partial charge in [0, 0.05) is 18.7 Å². The Morgan fingerprint density at radius 2 is 2.30 bits per heavy atom. The van der Waals surface area contributed by atoms with E-state index in [0.717, 1.165) is 38.1 Å². The minimum absolute atomic E-state index is 0.00951. The fraction of sp³-hybridized carbons (Fsp3) is 0.500. The Kier molecular flexibility index (Phi) is 2.61. The van der Waals surface area contributed by atoms with Crippen molar-refractivity contribution in [1.82, 2.24) is 20.0 Å². The Morgan fingerprint density at radius 3 is 3.05 bits per heavy atom. The highest BCUT2D eigenvalue weighted by molar-refractivity contribution is 5.92. The van der Waals surface area contributed by atoms with Gasteiger partial charge in [0.05, 0.1) is 6.04 Å². The predicted octanol–water partition coefficient (Wildman–Crippen LogP) is 2.25. The van der Waals surface area contributed by atoms with Crippen LogP contribution in [0.5, 0.6) is 0 Å². The summed E-state index contributed by atoms with van der Waals surface area (Å²) in [7, 11) is 0. The molecule has 6 heteroatoms. The van der Waals surface area contributed by atoms with E-state index in [1.54, 1.807) is 12.3 Å². The lowest BCUT2D eigenvalue weighted by Crippen LogP contribution is -2.31. The first-order valence-electron chi connectivity index (χ1n) is 7.11. The molecule has 0 spiro atoms. The molecule has 0 bridgehead atoms. The van der Waals surface area contributed by atoms with E-state index in [4.69, 9.17) is 4.52 Å². The lowest BCUT2D eigenvalue weighted by Gasteiger charge is -2.21. The number of hydrogen-bond donors (Lipinski definition) is 1. The van der Waals surface area contributed by atoms with Gasteiger partial charge in [0.2, 0.25) is 5.89 Å². The van der Waals surface area contributed by atoms with Crippen molar-refractivity contribution in [3.05, 3.63) is 35.7 Å². The first kappa shape index (κ1) is 11.7. The van der Waals surface area contributed by atoms with Crippen LogP contribution in [0.1, 0.15) is 59.8 Å². The number of likely N-dealkylation sites (tertiary alicyclic amines) is 1. The lowest BCUT2D eigenvalue weighted by molar-refractivity contribution is 0.0723. The summed E-state index contributed by atoms with van der Waals surface area (Å²) in [5.41, 5.74) is 0.614. The molecule has 1 saturated carbocycles. The molecule has 0 aromatic carbocycles. The normalized spacial score (nSPS) is 22.4. The van der Waals surface area contributed by atoms with Crippen LogP contribution in [0.15, 0.2) is 22.9 Å². The lowest BCUT2D eigenvalue weighted by atomic mass is 10.2. The monoisotopic (exact) mass is 272 g/mol. The zero-order chi connectivity index (χ0) is 13.5. The second kappa shape index (κ2) is 4.47. The Hall–Kier alpha value is -2.11.